The number of aliphatic imine (C=N–C) groups is 1. The third-order valence-corrected chi connectivity index (χ3v) is 4.50. The fourth-order valence-corrected chi connectivity index (χ4v) is 3.19. The van der Waals surface area contributed by atoms with Gasteiger partial charge in [0, 0.05) is 25.2 Å². The van der Waals surface area contributed by atoms with E-state index in [2.05, 4.69) is 4.99 Å². The van der Waals surface area contributed by atoms with Crippen molar-refractivity contribution in [2.75, 3.05) is 20.3 Å². The summed E-state index contributed by atoms with van der Waals surface area (Å²) < 4.78 is 11.0. The van der Waals surface area contributed by atoms with Crippen LogP contribution in [0.4, 0.5) is 5.69 Å². The van der Waals surface area contributed by atoms with Gasteiger partial charge in [0.1, 0.15) is 0 Å². The van der Waals surface area contributed by atoms with Crippen molar-refractivity contribution in [2.45, 2.75) is 38.1 Å². The molecule has 0 unspecified atom stereocenters. The highest BCUT2D eigenvalue weighted by molar-refractivity contribution is 6.03. The van der Waals surface area contributed by atoms with E-state index in [1.54, 1.807) is 12.1 Å². The zero-order valence-corrected chi connectivity index (χ0v) is 14.2. The minimum Gasteiger partial charge on any atom is -0.493 e. The average molecular weight is 346 g/mol. The number of fused-ring (bicyclic) bond motifs is 2. The Kier molecular flexibility index (Phi) is 5.21. The van der Waals surface area contributed by atoms with E-state index in [1.165, 1.54) is 7.11 Å². The van der Waals surface area contributed by atoms with Crippen LogP contribution in [-0.2, 0) is 4.79 Å². The van der Waals surface area contributed by atoms with Gasteiger partial charge >= 0.3 is 5.97 Å². The summed E-state index contributed by atoms with van der Waals surface area (Å²) in [5.74, 6) is 0.0295. The van der Waals surface area contributed by atoms with Crippen molar-refractivity contribution in [3.8, 4) is 11.5 Å². The summed E-state index contributed by atoms with van der Waals surface area (Å²) in [7, 11) is 1.51. The maximum Gasteiger partial charge on any atom is 0.303 e. The number of carboxylic acids is 1. The quantitative estimate of drug-likeness (QED) is 0.800. The molecule has 2 aliphatic heterocycles. The van der Waals surface area contributed by atoms with Crippen LogP contribution in [-0.4, -0.2) is 54.4 Å². The Morgan fingerprint density at radius 1 is 1.36 bits per heavy atom. The molecular weight excluding hydrogens is 324 g/mol. The molecule has 1 atom stereocenters. The van der Waals surface area contributed by atoms with Crippen LogP contribution in [0.1, 0.15) is 42.5 Å². The van der Waals surface area contributed by atoms with Gasteiger partial charge in [0.15, 0.2) is 11.5 Å². The first kappa shape index (κ1) is 17.3. The van der Waals surface area contributed by atoms with Gasteiger partial charge in [0.05, 0.1) is 31.0 Å². The van der Waals surface area contributed by atoms with Crippen molar-refractivity contribution < 1.29 is 24.2 Å². The second kappa shape index (κ2) is 7.55. The van der Waals surface area contributed by atoms with E-state index in [1.807, 2.05) is 11.1 Å². The first-order valence-electron chi connectivity index (χ1n) is 8.52. The average Bonchev–Trinajstić information content (AvgIpc) is 2.75. The maximum absolute atomic E-state index is 12.9. The van der Waals surface area contributed by atoms with Crippen LogP contribution >= 0.6 is 0 Å². The number of piperidine rings is 1. The largest absolute Gasteiger partial charge is 0.493 e. The van der Waals surface area contributed by atoms with Crippen molar-refractivity contribution in [2.24, 2.45) is 4.99 Å². The summed E-state index contributed by atoms with van der Waals surface area (Å²) >= 11 is 0. The number of hydrogen-bond donors (Lipinski definition) is 1. The number of amides is 1. The number of benzene rings is 1. The second-order valence-corrected chi connectivity index (χ2v) is 6.21. The summed E-state index contributed by atoms with van der Waals surface area (Å²) in [4.78, 5) is 29.8. The molecule has 0 bridgehead atoms. The molecule has 7 heteroatoms. The lowest BCUT2D eigenvalue weighted by Gasteiger charge is -2.32. The number of methoxy groups -OCH3 is 1. The summed E-state index contributed by atoms with van der Waals surface area (Å²) in [6.07, 6.45) is 5.31. The highest BCUT2D eigenvalue weighted by Crippen LogP contribution is 2.37. The van der Waals surface area contributed by atoms with Crippen molar-refractivity contribution in [3.05, 3.63) is 17.7 Å². The predicted octanol–water partition coefficient (Wildman–Crippen LogP) is 2.65. The minimum atomic E-state index is -0.857. The lowest BCUT2D eigenvalue weighted by Crippen LogP contribution is -2.43. The molecule has 1 aromatic carbocycles. The van der Waals surface area contributed by atoms with Crippen LogP contribution in [0.15, 0.2) is 17.1 Å². The van der Waals surface area contributed by atoms with Gasteiger partial charge in [0.25, 0.3) is 5.91 Å². The Bertz CT molecular complexity index is 701. The number of ether oxygens (including phenoxy) is 2. The molecule has 2 heterocycles. The smallest absolute Gasteiger partial charge is 0.303 e. The van der Waals surface area contributed by atoms with E-state index in [0.717, 1.165) is 25.8 Å². The molecule has 0 saturated carbocycles. The molecule has 134 valence electrons. The standard InChI is InChI=1S/C18H22N2O5/c1-24-15-9-13-14(10-16(15)25-8-4-6-17(21)22)19-11-12-5-2-3-7-20(12)18(13)23/h9-12H,2-8H2,1H3,(H,21,22)/t12-/m0/s1. The van der Waals surface area contributed by atoms with Gasteiger partial charge in [-0.2, -0.15) is 0 Å². The van der Waals surface area contributed by atoms with Crippen LogP contribution < -0.4 is 9.47 Å². The van der Waals surface area contributed by atoms with Gasteiger partial charge in [0.2, 0.25) is 0 Å². The van der Waals surface area contributed by atoms with Crippen LogP contribution in [0.2, 0.25) is 0 Å². The van der Waals surface area contributed by atoms with E-state index in [9.17, 15) is 9.59 Å². The number of nitrogens with zero attached hydrogens (tertiary/aromatic N) is 2. The lowest BCUT2D eigenvalue weighted by atomic mass is 10.0. The van der Waals surface area contributed by atoms with Crippen molar-refractivity contribution in [1.82, 2.24) is 4.90 Å². The molecule has 1 saturated heterocycles. The molecular formula is C18H22N2O5. The first-order valence-corrected chi connectivity index (χ1v) is 8.52. The van der Waals surface area contributed by atoms with E-state index >= 15 is 0 Å². The molecule has 0 aliphatic carbocycles. The molecule has 3 rings (SSSR count). The van der Waals surface area contributed by atoms with Crippen molar-refractivity contribution >= 4 is 23.8 Å². The number of carboxylic acid groups (broad SMARTS) is 1. The summed E-state index contributed by atoms with van der Waals surface area (Å²) in [5.41, 5.74) is 1.07. The predicted molar refractivity (Wildman–Crippen MR) is 92.2 cm³/mol. The second-order valence-electron chi connectivity index (χ2n) is 6.21. The molecule has 1 amide bonds. The monoisotopic (exact) mass is 346 g/mol. The third kappa shape index (κ3) is 3.75. The Hall–Kier alpha value is -2.57. The topological polar surface area (TPSA) is 88.4 Å². The summed E-state index contributed by atoms with van der Waals surface area (Å²) in [5, 5.41) is 8.69. The number of carbonyl (C=O) groups is 2. The van der Waals surface area contributed by atoms with Crippen LogP contribution in [0.5, 0.6) is 11.5 Å². The molecule has 7 nitrogen and oxygen atoms in total. The highest BCUT2D eigenvalue weighted by atomic mass is 16.5. The van der Waals surface area contributed by atoms with Gasteiger partial charge in [-0.3, -0.25) is 14.6 Å². The fraction of sp³-hybridized carbons (Fsp3) is 0.500. The van der Waals surface area contributed by atoms with E-state index < -0.39 is 5.97 Å². The third-order valence-electron chi connectivity index (χ3n) is 4.50. The molecule has 1 N–H and O–H groups in total. The molecule has 0 spiro atoms. The Morgan fingerprint density at radius 3 is 2.96 bits per heavy atom. The zero-order valence-electron chi connectivity index (χ0n) is 14.2. The van der Waals surface area contributed by atoms with Gasteiger partial charge < -0.3 is 19.5 Å². The zero-order chi connectivity index (χ0) is 17.8. The SMILES string of the molecule is COc1cc2c(cc1OCCCC(=O)O)N=C[C@@H]1CCCCN1C2=O. The molecule has 1 aromatic rings. The van der Waals surface area contributed by atoms with Crippen LogP contribution in [0.3, 0.4) is 0 Å². The first-order chi connectivity index (χ1) is 12.1. The number of carbonyl (C=O) groups excluding carboxylic acids is 1. The van der Waals surface area contributed by atoms with Gasteiger partial charge in [-0.25, -0.2) is 0 Å². The van der Waals surface area contributed by atoms with Crippen molar-refractivity contribution in [1.29, 1.82) is 0 Å². The molecule has 25 heavy (non-hydrogen) atoms. The normalized spacial score (nSPS) is 19.0. The van der Waals surface area contributed by atoms with Gasteiger partial charge in [-0.15, -0.1) is 0 Å². The minimum absolute atomic E-state index is 0.0343. The molecule has 2 aliphatic rings. The fourth-order valence-electron chi connectivity index (χ4n) is 3.19. The Morgan fingerprint density at radius 2 is 2.20 bits per heavy atom. The van der Waals surface area contributed by atoms with E-state index in [0.29, 0.717) is 29.2 Å². The van der Waals surface area contributed by atoms with E-state index in [-0.39, 0.29) is 25.0 Å². The van der Waals surface area contributed by atoms with E-state index in [4.69, 9.17) is 14.6 Å². The highest BCUT2D eigenvalue weighted by Gasteiger charge is 2.31. The Labute approximate surface area is 146 Å². The van der Waals surface area contributed by atoms with Gasteiger partial charge in [-0.1, -0.05) is 0 Å². The molecule has 0 aromatic heterocycles. The maximum atomic E-state index is 12.9. The van der Waals surface area contributed by atoms with Gasteiger partial charge in [-0.05, 0) is 31.7 Å². The summed E-state index contributed by atoms with van der Waals surface area (Å²) in [6.45, 7) is 0.999. The number of hydrogen-bond acceptors (Lipinski definition) is 5. The number of rotatable bonds is 6. The summed E-state index contributed by atoms with van der Waals surface area (Å²) in [6, 6.07) is 3.40. The molecule has 0 radical (unpaired) electrons. The van der Waals surface area contributed by atoms with Crippen molar-refractivity contribution in [3.63, 3.8) is 0 Å². The lowest BCUT2D eigenvalue weighted by molar-refractivity contribution is -0.137. The number of aliphatic carboxylic acids is 1. The van der Waals surface area contributed by atoms with Crippen LogP contribution in [0.25, 0.3) is 0 Å². The molecule has 1 fully saturated rings. The Balaban J connectivity index is 1.84. The van der Waals surface area contributed by atoms with Crippen LogP contribution in [0, 0.1) is 0 Å².